The number of hydrogen-bond donors (Lipinski definition) is 0. The average molecular weight is 229 g/mol. The molecule has 0 aromatic heterocycles. The van der Waals surface area contributed by atoms with E-state index in [1.54, 1.807) is 6.92 Å². The van der Waals surface area contributed by atoms with Crippen molar-refractivity contribution in [2.24, 2.45) is 5.92 Å². The van der Waals surface area contributed by atoms with Crippen LogP contribution in [0, 0.1) is 5.92 Å². The van der Waals surface area contributed by atoms with Crippen LogP contribution in [0.4, 0.5) is 0 Å². The van der Waals surface area contributed by atoms with Crippen LogP contribution in [0.25, 0.3) is 0 Å². The fourth-order valence-corrected chi connectivity index (χ4v) is 3.31. The zero-order valence-corrected chi connectivity index (χ0v) is 10.4. The number of benzene rings is 1. The second kappa shape index (κ2) is 4.26. The van der Waals surface area contributed by atoms with Crippen molar-refractivity contribution in [3.05, 3.63) is 35.4 Å². The molecule has 17 heavy (non-hydrogen) atoms. The van der Waals surface area contributed by atoms with Crippen molar-refractivity contribution in [1.29, 1.82) is 0 Å². The maximum atomic E-state index is 11.3. The van der Waals surface area contributed by atoms with E-state index in [4.69, 9.17) is 0 Å². The first-order valence-corrected chi connectivity index (χ1v) is 6.57. The van der Waals surface area contributed by atoms with Crippen molar-refractivity contribution in [2.75, 3.05) is 19.6 Å². The molecule has 0 N–H and O–H groups in total. The van der Waals surface area contributed by atoms with Crippen LogP contribution in [0.5, 0.6) is 0 Å². The SMILES string of the molecule is CC(=O)c1ccc(C2CN3CCC2CC3)cc1. The third kappa shape index (κ3) is 2.02. The maximum absolute atomic E-state index is 11.3. The van der Waals surface area contributed by atoms with Gasteiger partial charge in [-0.3, -0.25) is 4.79 Å². The van der Waals surface area contributed by atoms with Gasteiger partial charge in [0, 0.05) is 12.1 Å². The summed E-state index contributed by atoms with van der Waals surface area (Å²) in [6.07, 6.45) is 2.69. The van der Waals surface area contributed by atoms with Gasteiger partial charge in [-0.1, -0.05) is 24.3 Å². The number of Topliss-reactive ketones (excluding diaryl/α,β-unsaturated/α-hetero) is 1. The Bertz CT molecular complexity index is 415. The highest BCUT2D eigenvalue weighted by Gasteiger charge is 2.34. The monoisotopic (exact) mass is 229 g/mol. The van der Waals surface area contributed by atoms with Gasteiger partial charge < -0.3 is 4.90 Å². The van der Waals surface area contributed by atoms with E-state index in [0.717, 1.165) is 11.5 Å². The first kappa shape index (κ1) is 11.0. The quantitative estimate of drug-likeness (QED) is 0.727. The first-order chi connectivity index (χ1) is 8.24. The Hall–Kier alpha value is -1.15. The summed E-state index contributed by atoms with van der Waals surface area (Å²) < 4.78 is 0. The highest BCUT2D eigenvalue weighted by Crippen LogP contribution is 2.38. The van der Waals surface area contributed by atoms with Crippen LogP contribution in [0.1, 0.15) is 41.6 Å². The van der Waals surface area contributed by atoms with E-state index >= 15 is 0 Å². The van der Waals surface area contributed by atoms with Gasteiger partial charge in [0.05, 0.1) is 0 Å². The van der Waals surface area contributed by atoms with Gasteiger partial charge in [0.1, 0.15) is 0 Å². The lowest BCUT2D eigenvalue weighted by Crippen LogP contribution is -2.46. The summed E-state index contributed by atoms with van der Waals surface area (Å²) in [5, 5.41) is 0. The van der Waals surface area contributed by atoms with Crippen molar-refractivity contribution < 1.29 is 4.79 Å². The van der Waals surface area contributed by atoms with Gasteiger partial charge in [-0.2, -0.15) is 0 Å². The molecule has 2 nitrogen and oxygen atoms in total. The molecule has 0 saturated carbocycles. The van der Waals surface area contributed by atoms with Crippen molar-refractivity contribution >= 4 is 5.78 Å². The molecule has 1 atom stereocenters. The van der Waals surface area contributed by atoms with E-state index in [9.17, 15) is 4.79 Å². The normalized spacial score (nSPS) is 31.5. The number of nitrogens with zero attached hydrogens (tertiary/aromatic N) is 1. The van der Waals surface area contributed by atoms with Gasteiger partial charge in [0.2, 0.25) is 0 Å². The topological polar surface area (TPSA) is 20.3 Å². The smallest absolute Gasteiger partial charge is 0.159 e. The van der Waals surface area contributed by atoms with Crippen LogP contribution in [-0.4, -0.2) is 30.3 Å². The van der Waals surface area contributed by atoms with Crippen LogP contribution in [-0.2, 0) is 0 Å². The van der Waals surface area contributed by atoms with Gasteiger partial charge in [0.25, 0.3) is 0 Å². The molecule has 1 aromatic carbocycles. The fraction of sp³-hybridized carbons (Fsp3) is 0.533. The van der Waals surface area contributed by atoms with Crippen LogP contribution in [0.15, 0.2) is 24.3 Å². The Morgan fingerprint density at radius 1 is 1.18 bits per heavy atom. The summed E-state index contributed by atoms with van der Waals surface area (Å²) in [5.74, 6) is 1.71. The summed E-state index contributed by atoms with van der Waals surface area (Å²) >= 11 is 0. The molecule has 3 aliphatic rings. The molecule has 0 spiro atoms. The number of piperidine rings is 3. The van der Waals surface area contributed by atoms with E-state index in [1.807, 2.05) is 12.1 Å². The summed E-state index contributed by atoms with van der Waals surface area (Å²) in [6, 6.07) is 8.27. The minimum Gasteiger partial charge on any atom is -0.303 e. The zero-order valence-electron chi connectivity index (χ0n) is 10.4. The number of rotatable bonds is 2. The third-order valence-corrected chi connectivity index (χ3v) is 4.40. The van der Waals surface area contributed by atoms with Gasteiger partial charge in [-0.15, -0.1) is 0 Å². The Balaban J connectivity index is 1.82. The maximum Gasteiger partial charge on any atom is 0.159 e. The molecule has 2 bridgehead atoms. The molecule has 4 rings (SSSR count). The molecule has 3 fully saturated rings. The number of carbonyl (C=O) groups excluding carboxylic acids is 1. The van der Waals surface area contributed by atoms with E-state index in [1.165, 1.54) is 38.0 Å². The molecule has 2 heteroatoms. The summed E-state index contributed by atoms with van der Waals surface area (Å²) in [5.41, 5.74) is 2.25. The van der Waals surface area contributed by atoms with Crippen LogP contribution >= 0.6 is 0 Å². The van der Waals surface area contributed by atoms with E-state index < -0.39 is 0 Å². The number of fused-ring (bicyclic) bond motifs is 3. The lowest BCUT2D eigenvalue weighted by atomic mass is 9.75. The van der Waals surface area contributed by atoms with E-state index in [2.05, 4.69) is 17.0 Å². The lowest BCUT2D eigenvalue weighted by molar-refractivity contribution is 0.0871. The summed E-state index contributed by atoms with van der Waals surface area (Å²) in [4.78, 5) is 13.8. The molecule has 90 valence electrons. The van der Waals surface area contributed by atoms with Crippen LogP contribution in [0.3, 0.4) is 0 Å². The molecule has 3 heterocycles. The second-order valence-corrected chi connectivity index (χ2v) is 5.42. The minimum absolute atomic E-state index is 0.158. The number of hydrogen-bond acceptors (Lipinski definition) is 2. The molecule has 3 aliphatic heterocycles. The van der Waals surface area contributed by atoms with E-state index in [-0.39, 0.29) is 5.78 Å². The van der Waals surface area contributed by atoms with Gasteiger partial charge in [-0.05, 0) is 50.3 Å². The predicted octanol–water partition coefficient (Wildman–Crippen LogP) is 2.70. The lowest BCUT2D eigenvalue weighted by Gasteiger charge is -2.45. The first-order valence-electron chi connectivity index (χ1n) is 6.57. The van der Waals surface area contributed by atoms with Gasteiger partial charge >= 0.3 is 0 Å². The van der Waals surface area contributed by atoms with Crippen LogP contribution in [0.2, 0.25) is 0 Å². The predicted molar refractivity (Wildman–Crippen MR) is 68.4 cm³/mol. The Labute approximate surface area is 103 Å². The van der Waals surface area contributed by atoms with Crippen LogP contribution < -0.4 is 0 Å². The van der Waals surface area contributed by atoms with Crippen molar-refractivity contribution in [3.8, 4) is 0 Å². The second-order valence-electron chi connectivity index (χ2n) is 5.42. The van der Waals surface area contributed by atoms with Crippen molar-refractivity contribution in [3.63, 3.8) is 0 Å². The largest absolute Gasteiger partial charge is 0.303 e. The number of carbonyl (C=O) groups is 1. The van der Waals surface area contributed by atoms with Crippen molar-refractivity contribution in [2.45, 2.75) is 25.7 Å². The minimum atomic E-state index is 0.158. The highest BCUT2D eigenvalue weighted by atomic mass is 16.1. The van der Waals surface area contributed by atoms with Gasteiger partial charge in [0.15, 0.2) is 5.78 Å². The Kier molecular flexibility index (Phi) is 2.75. The molecule has 1 aromatic rings. The van der Waals surface area contributed by atoms with Gasteiger partial charge in [-0.25, -0.2) is 0 Å². The summed E-state index contributed by atoms with van der Waals surface area (Å²) in [6.45, 7) is 5.41. The zero-order chi connectivity index (χ0) is 11.8. The molecule has 1 unspecified atom stereocenters. The van der Waals surface area contributed by atoms with Crippen molar-refractivity contribution in [1.82, 2.24) is 4.90 Å². The molecule has 3 saturated heterocycles. The fourth-order valence-electron chi connectivity index (χ4n) is 3.31. The standard InChI is InChI=1S/C15H19NO/c1-11(17)12-2-4-13(5-3-12)15-10-16-8-6-14(15)7-9-16/h2-5,14-15H,6-10H2,1H3. The average Bonchev–Trinajstić information content (AvgIpc) is 2.40. The Morgan fingerprint density at radius 3 is 2.29 bits per heavy atom. The molecular formula is C15H19NO. The molecular weight excluding hydrogens is 210 g/mol. The Morgan fingerprint density at radius 2 is 1.82 bits per heavy atom. The highest BCUT2D eigenvalue weighted by molar-refractivity contribution is 5.94. The number of ketones is 1. The third-order valence-electron chi connectivity index (χ3n) is 4.40. The molecule has 0 radical (unpaired) electrons. The molecule has 0 amide bonds. The molecule has 0 aliphatic carbocycles. The summed E-state index contributed by atoms with van der Waals surface area (Å²) in [7, 11) is 0. The van der Waals surface area contributed by atoms with E-state index in [0.29, 0.717) is 5.92 Å².